The third kappa shape index (κ3) is 5.33. The molecule has 0 unspecified atom stereocenters. The highest BCUT2D eigenvalue weighted by atomic mass is 35.5. The molecule has 0 saturated heterocycles. The summed E-state index contributed by atoms with van der Waals surface area (Å²) in [4.78, 5) is 25.2. The molecule has 0 spiro atoms. The van der Waals surface area contributed by atoms with E-state index in [4.69, 9.17) is 20.9 Å². The van der Waals surface area contributed by atoms with E-state index in [0.29, 0.717) is 34.7 Å². The smallest absolute Gasteiger partial charge is 0.306 e. The summed E-state index contributed by atoms with van der Waals surface area (Å²) in [5.74, 6) is 1.74. The quantitative estimate of drug-likeness (QED) is 0.350. The van der Waals surface area contributed by atoms with Gasteiger partial charge in [0.1, 0.15) is 5.75 Å². The zero-order valence-electron chi connectivity index (χ0n) is 18.4. The maximum atomic E-state index is 12.7. The van der Waals surface area contributed by atoms with Crippen molar-refractivity contribution in [3.63, 3.8) is 0 Å². The van der Waals surface area contributed by atoms with E-state index in [1.807, 2.05) is 24.3 Å². The van der Waals surface area contributed by atoms with Gasteiger partial charge in [-0.1, -0.05) is 35.0 Å². The number of hydrogen-bond donors (Lipinski definition) is 1. The predicted octanol–water partition coefficient (Wildman–Crippen LogP) is 4.63. The lowest BCUT2D eigenvalue weighted by atomic mass is 10.2. The Morgan fingerprint density at radius 2 is 1.83 bits per heavy atom. The first-order chi connectivity index (χ1) is 17.0. The van der Waals surface area contributed by atoms with E-state index in [0.717, 1.165) is 5.56 Å². The minimum absolute atomic E-state index is 0.00688. The molecule has 0 bridgehead atoms. The Bertz CT molecular complexity index is 1500. The molecule has 0 fully saturated rings. The van der Waals surface area contributed by atoms with Gasteiger partial charge in [0.05, 0.1) is 6.54 Å². The molecule has 0 aliphatic heterocycles. The first kappa shape index (κ1) is 22.2. The van der Waals surface area contributed by atoms with E-state index in [2.05, 4.69) is 30.5 Å². The molecule has 10 nitrogen and oxygen atoms in total. The van der Waals surface area contributed by atoms with E-state index in [-0.39, 0.29) is 17.5 Å². The number of pyridine rings is 1. The maximum Gasteiger partial charge on any atom is 0.306 e. The van der Waals surface area contributed by atoms with Crippen LogP contribution in [0.4, 0.5) is 11.6 Å². The van der Waals surface area contributed by atoms with Gasteiger partial charge < -0.3 is 14.6 Å². The van der Waals surface area contributed by atoms with Crippen LogP contribution in [0.15, 0.2) is 82.2 Å². The van der Waals surface area contributed by atoms with E-state index in [1.165, 1.54) is 0 Å². The van der Waals surface area contributed by atoms with Gasteiger partial charge in [0.15, 0.2) is 5.82 Å². The van der Waals surface area contributed by atoms with Crippen LogP contribution in [-0.2, 0) is 6.54 Å². The molecular formula is C24H18ClN7O3. The SMILES string of the molecule is Cc1noc(-c2nn(Cc3ccc(Cl)cc3)c(Nc3ccc(Oc4ccccn4)cc3)nc2=O)n1. The first-order valence-electron chi connectivity index (χ1n) is 10.5. The molecule has 11 heteroatoms. The van der Waals surface area contributed by atoms with Crippen LogP contribution < -0.4 is 15.6 Å². The van der Waals surface area contributed by atoms with Crippen molar-refractivity contribution in [3.05, 3.63) is 99.7 Å². The summed E-state index contributed by atoms with van der Waals surface area (Å²) in [5.41, 5.74) is 0.948. The number of aryl methyl sites for hydroxylation is 1. The second-order valence-electron chi connectivity index (χ2n) is 7.44. The second kappa shape index (κ2) is 9.74. The molecule has 35 heavy (non-hydrogen) atoms. The highest BCUT2D eigenvalue weighted by Crippen LogP contribution is 2.23. The summed E-state index contributed by atoms with van der Waals surface area (Å²) in [6, 6.07) is 19.9. The van der Waals surface area contributed by atoms with Crippen molar-refractivity contribution < 1.29 is 9.26 Å². The largest absolute Gasteiger partial charge is 0.439 e. The molecule has 2 aromatic carbocycles. The molecule has 0 atom stereocenters. The fourth-order valence-electron chi connectivity index (χ4n) is 3.17. The maximum absolute atomic E-state index is 12.7. The molecule has 174 valence electrons. The van der Waals surface area contributed by atoms with Crippen molar-refractivity contribution in [2.75, 3.05) is 5.32 Å². The van der Waals surface area contributed by atoms with Crippen molar-refractivity contribution in [1.29, 1.82) is 0 Å². The summed E-state index contributed by atoms with van der Waals surface area (Å²) in [6.07, 6.45) is 1.66. The van der Waals surface area contributed by atoms with Gasteiger partial charge in [0.25, 0.3) is 5.89 Å². The van der Waals surface area contributed by atoms with Gasteiger partial charge in [0.2, 0.25) is 17.5 Å². The number of hydrogen-bond acceptors (Lipinski definition) is 9. The van der Waals surface area contributed by atoms with Crippen LogP contribution in [0.25, 0.3) is 11.6 Å². The van der Waals surface area contributed by atoms with E-state index in [1.54, 1.807) is 60.3 Å². The van der Waals surface area contributed by atoms with Crippen LogP contribution in [0, 0.1) is 6.92 Å². The van der Waals surface area contributed by atoms with Crippen molar-refractivity contribution in [2.24, 2.45) is 0 Å². The van der Waals surface area contributed by atoms with Crippen LogP contribution in [0.3, 0.4) is 0 Å². The number of anilines is 2. The van der Waals surface area contributed by atoms with E-state index in [9.17, 15) is 4.79 Å². The number of nitrogens with one attached hydrogen (secondary N) is 1. The van der Waals surface area contributed by atoms with E-state index < -0.39 is 5.56 Å². The fraction of sp³-hybridized carbons (Fsp3) is 0.0833. The number of nitrogens with zero attached hydrogens (tertiary/aromatic N) is 6. The van der Waals surface area contributed by atoms with Gasteiger partial charge in [-0.05, 0) is 55.0 Å². The summed E-state index contributed by atoms with van der Waals surface area (Å²) in [5, 5.41) is 12.0. The topological polar surface area (TPSA) is 121 Å². The third-order valence-corrected chi connectivity index (χ3v) is 5.07. The van der Waals surface area contributed by atoms with Crippen molar-refractivity contribution in [3.8, 4) is 23.2 Å². The lowest BCUT2D eigenvalue weighted by molar-refractivity contribution is 0.422. The van der Waals surface area contributed by atoms with E-state index >= 15 is 0 Å². The van der Waals surface area contributed by atoms with Crippen LogP contribution in [-0.4, -0.2) is 29.9 Å². The molecule has 3 heterocycles. The van der Waals surface area contributed by atoms with Crippen LogP contribution in [0.1, 0.15) is 11.4 Å². The molecule has 3 aromatic heterocycles. The molecule has 0 aliphatic carbocycles. The van der Waals surface area contributed by atoms with Crippen molar-refractivity contribution in [1.82, 2.24) is 29.9 Å². The predicted molar refractivity (Wildman–Crippen MR) is 129 cm³/mol. The Morgan fingerprint density at radius 3 is 2.51 bits per heavy atom. The first-order valence-corrected chi connectivity index (χ1v) is 10.9. The summed E-state index contributed by atoms with van der Waals surface area (Å²) in [6.45, 7) is 1.97. The summed E-state index contributed by atoms with van der Waals surface area (Å²) >= 11 is 6.02. The normalized spacial score (nSPS) is 10.8. The highest BCUT2D eigenvalue weighted by molar-refractivity contribution is 6.30. The Balaban J connectivity index is 1.45. The zero-order valence-corrected chi connectivity index (χ0v) is 19.2. The lowest BCUT2D eigenvalue weighted by Gasteiger charge is -2.14. The van der Waals surface area contributed by atoms with Gasteiger partial charge in [-0.2, -0.15) is 15.1 Å². The Labute approximate surface area is 204 Å². The monoisotopic (exact) mass is 487 g/mol. The van der Waals surface area contributed by atoms with Crippen LogP contribution >= 0.6 is 11.6 Å². The van der Waals surface area contributed by atoms with Gasteiger partial charge in [-0.25, -0.2) is 9.67 Å². The van der Waals surface area contributed by atoms with Crippen LogP contribution in [0.5, 0.6) is 11.6 Å². The average Bonchev–Trinajstić information content (AvgIpc) is 3.30. The van der Waals surface area contributed by atoms with Gasteiger partial charge in [-0.15, -0.1) is 0 Å². The molecule has 1 N–H and O–H groups in total. The molecular weight excluding hydrogens is 470 g/mol. The molecule has 0 saturated carbocycles. The molecule has 0 amide bonds. The molecule has 5 aromatic rings. The lowest BCUT2D eigenvalue weighted by Crippen LogP contribution is -2.22. The summed E-state index contributed by atoms with van der Waals surface area (Å²) in [7, 11) is 0. The highest BCUT2D eigenvalue weighted by Gasteiger charge is 2.18. The number of aromatic nitrogens is 6. The Hall–Kier alpha value is -4.57. The van der Waals surface area contributed by atoms with Crippen LogP contribution in [0.2, 0.25) is 5.02 Å². The average molecular weight is 488 g/mol. The Morgan fingerprint density at radius 1 is 1.03 bits per heavy atom. The fourth-order valence-corrected chi connectivity index (χ4v) is 3.30. The molecule has 0 aliphatic rings. The van der Waals surface area contributed by atoms with Gasteiger partial charge in [0, 0.05) is 23.0 Å². The number of benzene rings is 2. The van der Waals surface area contributed by atoms with Crippen molar-refractivity contribution >= 4 is 23.2 Å². The standard InChI is InChI=1S/C24H18ClN7O3/c1-15-27-23(35-31-15)21-22(33)29-24(32(30-21)14-16-5-7-17(25)8-6-16)28-18-9-11-19(12-10-18)34-20-4-2-3-13-26-20/h2-13H,14H2,1H3,(H,28,29,33). The zero-order chi connectivity index (χ0) is 24.2. The number of halogens is 1. The molecule has 0 radical (unpaired) electrons. The Kier molecular flexibility index (Phi) is 6.18. The van der Waals surface area contributed by atoms with Crippen molar-refractivity contribution in [2.45, 2.75) is 13.5 Å². The summed E-state index contributed by atoms with van der Waals surface area (Å²) < 4.78 is 12.4. The molecule has 5 rings (SSSR count). The van der Waals surface area contributed by atoms with Gasteiger partial charge >= 0.3 is 5.56 Å². The third-order valence-electron chi connectivity index (χ3n) is 4.82. The minimum atomic E-state index is -0.599. The minimum Gasteiger partial charge on any atom is -0.439 e. The number of ether oxygens (including phenoxy) is 1. The number of rotatable bonds is 7. The van der Waals surface area contributed by atoms with Gasteiger partial charge in [-0.3, -0.25) is 4.79 Å². The second-order valence-corrected chi connectivity index (χ2v) is 7.88.